The van der Waals surface area contributed by atoms with Crippen LogP contribution in [0.15, 0.2) is 16.7 Å². The number of amides is 3. The van der Waals surface area contributed by atoms with Gasteiger partial charge in [-0.05, 0) is 35.3 Å². The van der Waals surface area contributed by atoms with Gasteiger partial charge in [0.2, 0.25) is 5.88 Å². The maximum absolute atomic E-state index is 13.0. The number of pyridine rings is 1. The van der Waals surface area contributed by atoms with Crippen LogP contribution in [0.3, 0.4) is 0 Å². The van der Waals surface area contributed by atoms with Crippen molar-refractivity contribution in [1.82, 2.24) is 20.1 Å². The number of carbonyl (C=O) groups is 2. The predicted octanol–water partition coefficient (Wildman–Crippen LogP) is 2.12. The van der Waals surface area contributed by atoms with Gasteiger partial charge in [-0.1, -0.05) is 13.8 Å². The van der Waals surface area contributed by atoms with Crippen LogP contribution in [0.5, 0.6) is 5.88 Å². The van der Waals surface area contributed by atoms with Crippen LogP contribution in [0.4, 0.5) is 4.79 Å². The van der Waals surface area contributed by atoms with Gasteiger partial charge in [0.05, 0.1) is 19.2 Å². The van der Waals surface area contributed by atoms with Crippen molar-refractivity contribution >= 4 is 27.9 Å². The molecule has 3 amide bonds. The van der Waals surface area contributed by atoms with Gasteiger partial charge in [0.15, 0.2) is 0 Å². The summed E-state index contributed by atoms with van der Waals surface area (Å²) in [5.41, 5.74) is 0.338. The van der Waals surface area contributed by atoms with Gasteiger partial charge < -0.3 is 25.0 Å². The van der Waals surface area contributed by atoms with E-state index < -0.39 is 0 Å². The molecule has 156 valence electrons. The fourth-order valence-electron chi connectivity index (χ4n) is 3.01. The minimum atomic E-state index is -0.355. The molecule has 1 aromatic heterocycles. The number of fused-ring (bicyclic) bond motifs is 1. The number of nitrogens with zero attached hydrogens (tertiary/aromatic N) is 3. The lowest BCUT2D eigenvalue weighted by Crippen LogP contribution is -2.51. The van der Waals surface area contributed by atoms with Gasteiger partial charge in [-0.15, -0.1) is 0 Å². The average molecular weight is 457 g/mol. The molecule has 2 heterocycles. The van der Waals surface area contributed by atoms with Gasteiger partial charge in [-0.25, -0.2) is 9.78 Å². The first kappa shape index (κ1) is 22.4. The van der Waals surface area contributed by atoms with Crippen molar-refractivity contribution in [3.63, 3.8) is 0 Å². The molecule has 0 saturated carbocycles. The van der Waals surface area contributed by atoms with E-state index in [0.717, 1.165) is 6.42 Å². The van der Waals surface area contributed by atoms with Crippen molar-refractivity contribution in [2.24, 2.45) is 5.92 Å². The van der Waals surface area contributed by atoms with Crippen LogP contribution in [0.1, 0.15) is 37.6 Å². The monoisotopic (exact) mass is 456 g/mol. The molecule has 0 saturated heterocycles. The van der Waals surface area contributed by atoms with Crippen LogP contribution in [-0.2, 0) is 0 Å². The van der Waals surface area contributed by atoms with Crippen molar-refractivity contribution in [2.45, 2.75) is 39.3 Å². The first-order valence-electron chi connectivity index (χ1n) is 9.51. The molecular weight excluding hydrogens is 428 g/mol. The normalized spacial score (nSPS) is 20.5. The zero-order valence-corrected chi connectivity index (χ0v) is 18.4. The summed E-state index contributed by atoms with van der Waals surface area (Å²) in [4.78, 5) is 32.8. The van der Waals surface area contributed by atoms with E-state index in [-0.39, 0.29) is 42.5 Å². The summed E-state index contributed by atoms with van der Waals surface area (Å²) in [6.07, 6.45) is 2.08. The number of ether oxygens (including phenoxy) is 1. The molecule has 1 aliphatic heterocycles. The van der Waals surface area contributed by atoms with E-state index in [9.17, 15) is 14.7 Å². The Kier molecular flexibility index (Phi) is 8.06. The van der Waals surface area contributed by atoms with E-state index in [2.05, 4.69) is 26.2 Å². The Morgan fingerprint density at radius 1 is 1.57 bits per heavy atom. The number of hydrogen-bond acceptors (Lipinski definition) is 5. The molecule has 1 aliphatic rings. The third-order valence-corrected chi connectivity index (χ3v) is 5.25. The summed E-state index contributed by atoms with van der Waals surface area (Å²) in [6, 6.07) is 1.17. The third-order valence-electron chi connectivity index (χ3n) is 4.81. The van der Waals surface area contributed by atoms with Crippen molar-refractivity contribution in [2.75, 3.05) is 33.3 Å². The molecule has 0 bridgehead atoms. The zero-order valence-electron chi connectivity index (χ0n) is 16.8. The first-order valence-corrected chi connectivity index (χ1v) is 10.3. The molecule has 9 heteroatoms. The zero-order chi connectivity index (χ0) is 20.8. The Morgan fingerprint density at radius 2 is 2.29 bits per heavy atom. The SMILES string of the molecule is CCCNC(=O)N(C)C[C@H]1Oc2ncc(Br)cc2C(=O)N([C@H](C)CO)C[C@@H]1C. The van der Waals surface area contributed by atoms with E-state index in [1.165, 1.54) is 0 Å². The molecule has 0 aromatic carbocycles. The maximum atomic E-state index is 13.0. The Hall–Kier alpha value is -1.87. The molecule has 0 unspecified atom stereocenters. The van der Waals surface area contributed by atoms with Crippen LogP contribution < -0.4 is 10.1 Å². The first-order chi connectivity index (χ1) is 13.3. The van der Waals surface area contributed by atoms with Gasteiger partial charge in [0.1, 0.15) is 11.7 Å². The second kappa shape index (κ2) is 10.1. The fourth-order valence-corrected chi connectivity index (χ4v) is 3.35. The number of hydrogen-bond donors (Lipinski definition) is 2. The van der Waals surface area contributed by atoms with Crippen LogP contribution in [-0.4, -0.2) is 77.3 Å². The number of aliphatic hydroxyl groups excluding tert-OH is 1. The summed E-state index contributed by atoms with van der Waals surface area (Å²) < 4.78 is 6.77. The third kappa shape index (κ3) is 5.35. The van der Waals surface area contributed by atoms with Crippen molar-refractivity contribution in [3.8, 4) is 5.88 Å². The summed E-state index contributed by atoms with van der Waals surface area (Å²) in [5, 5.41) is 12.5. The highest BCUT2D eigenvalue weighted by atomic mass is 79.9. The number of urea groups is 1. The molecule has 28 heavy (non-hydrogen) atoms. The molecular formula is C19H29BrN4O4. The molecule has 8 nitrogen and oxygen atoms in total. The summed E-state index contributed by atoms with van der Waals surface area (Å²) in [7, 11) is 1.72. The van der Waals surface area contributed by atoms with E-state index >= 15 is 0 Å². The van der Waals surface area contributed by atoms with E-state index in [1.807, 2.05) is 13.8 Å². The number of nitrogens with one attached hydrogen (secondary N) is 1. The number of likely N-dealkylation sites (N-methyl/N-ethyl adjacent to an activating group) is 1. The maximum Gasteiger partial charge on any atom is 0.317 e. The van der Waals surface area contributed by atoms with Crippen LogP contribution in [0.25, 0.3) is 0 Å². The minimum Gasteiger partial charge on any atom is -0.472 e. The fraction of sp³-hybridized carbons (Fsp3) is 0.632. The van der Waals surface area contributed by atoms with Crippen LogP contribution >= 0.6 is 15.9 Å². The summed E-state index contributed by atoms with van der Waals surface area (Å²) >= 11 is 3.35. The van der Waals surface area contributed by atoms with Crippen molar-refractivity contribution in [1.29, 1.82) is 0 Å². The quantitative estimate of drug-likeness (QED) is 0.683. The molecule has 0 radical (unpaired) electrons. The lowest BCUT2D eigenvalue weighted by atomic mass is 10.0. The second-order valence-electron chi connectivity index (χ2n) is 7.24. The Morgan fingerprint density at radius 3 is 2.93 bits per heavy atom. The highest BCUT2D eigenvalue weighted by Crippen LogP contribution is 2.28. The molecule has 0 aliphatic carbocycles. The van der Waals surface area contributed by atoms with Crippen LogP contribution in [0.2, 0.25) is 0 Å². The molecule has 2 rings (SSSR count). The molecule has 1 aromatic rings. The number of rotatable bonds is 6. The van der Waals surface area contributed by atoms with E-state index in [0.29, 0.717) is 29.7 Å². The summed E-state index contributed by atoms with van der Waals surface area (Å²) in [6.45, 7) is 6.99. The van der Waals surface area contributed by atoms with Crippen molar-refractivity contribution in [3.05, 3.63) is 22.3 Å². The van der Waals surface area contributed by atoms with Gasteiger partial charge >= 0.3 is 6.03 Å². The predicted molar refractivity (Wildman–Crippen MR) is 109 cm³/mol. The second-order valence-corrected chi connectivity index (χ2v) is 8.16. The lowest BCUT2D eigenvalue weighted by Gasteiger charge is -2.37. The Bertz CT molecular complexity index is 703. The number of aromatic nitrogens is 1. The largest absolute Gasteiger partial charge is 0.472 e. The highest BCUT2D eigenvalue weighted by Gasteiger charge is 2.34. The Labute approximate surface area is 174 Å². The Balaban J connectivity index is 2.31. The number of halogens is 1. The average Bonchev–Trinajstić information content (AvgIpc) is 2.68. The van der Waals surface area contributed by atoms with Gasteiger partial charge in [-0.2, -0.15) is 0 Å². The number of aliphatic hydroxyl groups is 1. The minimum absolute atomic E-state index is 0.0713. The molecule has 2 N–H and O–H groups in total. The van der Waals surface area contributed by atoms with Gasteiger partial charge in [0.25, 0.3) is 5.91 Å². The molecule has 0 spiro atoms. The standard InChI is InChI=1S/C19H29BrN4O4/c1-5-6-21-19(27)23(4)10-16-12(2)9-24(13(3)11-25)18(26)15-7-14(20)8-22-17(15)28-16/h7-8,12-13,16,25H,5-6,9-11H2,1-4H3,(H,21,27)/t12-,13+,16+/m0/s1. The summed E-state index contributed by atoms with van der Waals surface area (Å²) in [5.74, 6) is -0.0649. The topological polar surface area (TPSA) is 95.0 Å². The van der Waals surface area contributed by atoms with Gasteiger partial charge in [-0.3, -0.25) is 4.79 Å². The highest BCUT2D eigenvalue weighted by molar-refractivity contribution is 9.10. The van der Waals surface area contributed by atoms with E-state index in [1.54, 1.807) is 36.0 Å². The molecule has 0 fully saturated rings. The van der Waals surface area contributed by atoms with Crippen molar-refractivity contribution < 1.29 is 19.4 Å². The molecule has 3 atom stereocenters. The number of carbonyl (C=O) groups excluding carboxylic acids is 2. The van der Waals surface area contributed by atoms with E-state index in [4.69, 9.17) is 4.74 Å². The van der Waals surface area contributed by atoms with Gasteiger partial charge in [0, 0.05) is 36.7 Å². The lowest BCUT2D eigenvalue weighted by molar-refractivity contribution is 0.0352. The smallest absolute Gasteiger partial charge is 0.317 e. The van der Waals surface area contributed by atoms with Crippen LogP contribution in [0, 0.1) is 5.92 Å².